The van der Waals surface area contributed by atoms with Gasteiger partial charge in [0, 0.05) is 12.6 Å². The lowest BCUT2D eigenvalue weighted by atomic mass is 10.0. The summed E-state index contributed by atoms with van der Waals surface area (Å²) in [5, 5.41) is 0. The molecule has 2 N–H and O–H groups in total. The van der Waals surface area contributed by atoms with Crippen molar-refractivity contribution in [1.82, 2.24) is 4.90 Å². The summed E-state index contributed by atoms with van der Waals surface area (Å²) in [6.07, 6.45) is 7.82. The predicted molar refractivity (Wildman–Crippen MR) is 82.3 cm³/mol. The van der Waals surface area contributed by atoms with Gasteiger partial charge in [0.05, 0.1) is 0 Å². The molecule has 1 aliphatic rings. The molecule has 1 aliphatic heterocycles. The molecule has 1 aromatic carbocycles. The van der Waals surface area contributed by atoms with Crippen LogP contribution in [0.15, 0.2) is 24.3 Å². The lowest BCUT2D eigenvalue weighted by Gasteiger charge is -2.24. The Kier molecular flexibility index (Phi) is 5.87. The first-order valence-corrected chi connectivity index (χ1v) is 7.86. The lowest BCUT2D eigenvalue weighted by molar-refractivity contribution is 0.268. The minimum atomic E-state index is 0.161. The number of hydrogen-bond donors (Lipinski definition) is 1. The van der Waals surface area contributed by atoms with E-state index in [1.54, 1.807) is 0 Å². The largest absolute Gasteiger partial charge is 0.323 e. The molecule has 2 nitrogen and oxygen atoms in total. The fraction of sp³-hybridized carbons (Fsp3) is 0.647. The molecule has 1 unspecified atom stereocenters. The SMILES string of the molecule is CCCc1ccc(C(N)CN2CCCCCC2)cc1. The fourth-order valence-corrected chi connectivity index (χ4v) is 2.92. The van der Waals surface area contributed by atoms with Crippen LogP contribution in [0.2, 0.25) is 0 Å². The molecule has 1 atom stereocenters. The third kappa shape index (κ3) is 4.63. The van der Waals surface area contributed by atoms with Gasteiger partial charge in [-0.3, -0.25) is 0 Å². The molecular weight excluding hydrogens is 232 g/mol. The van der Waals surface area contributed by atoms with Gasteiger partial charge in [0.25, 0.3) is 0 Å². The number of benzene rings is 1. The molecule has 0 spiro atoms. The summed E-state index contributed by atoms with van der Waals surface area (Å²) in [5.41, 5.74) is 9.07. The molecule has 0 aromatic heterocycles. The smallest absolute Gasteiger partial charge is 0.0424 e. The van der Waals surface area contributed by atoms with E-state index in [1.165, 1.54) is 62.7 Å². The number of likely N-dealkylation sites (tertiary alicyclic amines) is 1. The fourth-order valence-electron chi connectivity index (χ4n) is 2.92. The molecule has 1 saturated heterocycles. The highest BCUT2D eigenvalue weighted by Gasteiger charge is 2.14. The topological polar surface area (TPSA) is 29.3 Å². The van der Waals surface area contributed by atoms with Crippen molar-refractivity contribution in [3.05, 3.63) is 35.4 Å². The quantitative estimate of drug-likeness (QED) is 0.877. The van der Waals surface area contributed by atoms with E-state index in [0.29, 0.717) is 0 Å². The number of aryl methyl sites for hydroxylation is 1. The number of nitrogens with zero attached hydrogens (tertiary/aromatic N) is 1. The van der Waals surface area contributed by atoms with Crippen LogP contribution in [0.25, 0.3) is 0 Å². The van der Waals surface area contributed by atoms with Gasteiger partial charge >= 0.3 is 0 Å². The second-order valence-corrected chi connectivity index (χ2v) is 5.81. The van der Waals surface area contributed by atoms with Crippen LogP contribution in [-0.2, 0) is 6.42 Å². The average Bonchev–Trinajstić information content (AvgIpc) is 2.68. The summed E-state index contributed by atoms with van der Waals surface area (Å²) in [4.78, 5) is 2.54. The Labute approximate surface area is 118 Å². The Hall–Kier alpha value is -0.860. The van der Waals surface area contributed by atoms with Gasteiger partial charge < -0.3 is 10.6 Å². The second kappa shape index (κ2) is 7.66. The van der Waals surface area contributed by atoms with Crippen LogP contribution < -0.4 is 5.73 Å². The summed E-state index contributed by atoms with van der Waals surface area (Å²) in [6, 6.07) is 9.07. The standard InChI is InChI=1S/C17H28N2/c1-2-7-15-8-10-16(11-9-15)17(18)14-19-12-5-3-4-6-13-19/h8-11,17H,2-7,12-14,18H2,1H3. The van der Waals surface area contributed by atoms with Crippen LogP contribution in [0.3, 0.4) is 0 Å². The minimum absolute atomic E-state index is 0.161. The maximum Gasteiger partial charge on any atom is 0.0424 e. The van der Waals surface area contributed by atoms with Crippen LogP contribution in [0.5, 0.6) is 0 Å². The van der Waals surface area contributed by atoms with Crippen LogP contribution in [0.1, 0.15) is 56.2 Å². The van der Waals surface area contributed by atoms with Crippen molar-refractivity contribution in [3.63, 3.8) is 0 Å². The highest BCUT2D eigenvalue weighted by atomic mass is 15.1. The first-order valence-electron chi connectivity index (χ1n) is 7.86. The van der Waals surface area contributed by atoms with Crippen molar-refractivity contribution < 1.29 is 0 Å². The molecule has 0 bridgehead atoms. The molecule has 0 amide bonds. The van der Waals surface area contributed by atoms with E-state index in [-0.39, 0.29) is 6.04 Å². The summed E-state index contributed by atoms with van der Waals surface area (Å²) >= 11 is 0. The van der Waals surface area contributed by atoms with Crippen molar-refractivity contribution >= 4 is 0 Å². The normalized spacial score (nSPS) is 19.1. The van der Waals surface area contributed by atoms with Gasteiger partial charge in [-0.05, 0) is 43.5 Å². The molecule has 1 heterocycles. The Morgan fingerprint density at radius 3 is 2.26 bits per heavy atom. The Balaban J connectivity index is 1.89. The number of rotatable bonds is 5. The summed E-state index contributed by atoms with van der Waals surface area (Å²) in [5.74, 6) is 0. The minimum Gasteiger partial charge on any atom is -0.323 e. The van der Waals surface area contributed by atoms with Gasteiger partial charge in [0.2, 0.25) is 0 Å². The van der Waals surface area contributed by atoms with Crippen molar-refractivity contribution in [2.24, 2.45) is 5.73 Å². The second-order valence-electron chi connectivity index (χ2n) is 5.81. The van der Waals surface area contributed by atoms with Gasteiger partial charge in [-0.15, -0.1) is 0 Å². The third-order valence-corrected chi connectivity index (χ3v) is 4.10. The van der Waals surface area contributed by atoms with E-state index in [2.05, 4.69) is 36.1 Å². The maximum absolute atomic E-state index is 6.36. The van der Waals surface area contributed by atoms with Crippen molar-refractivity contribution in [1.29, 1.82) is 0 Å². The van der Waals surface area contributed by atoms with Gasteiger partial charge in [-0.1, -0.05) is 50.5 Å². The predicted octanol–water partition coefficient (Wildman–Crippen LogP) is 3.51. The molecular formula is C17H28N2. The zero-order valence-electron chi connectivity index (χ0n) is 12.3. The van der Waals surface area contributed by atoms with Gasteiger partial charge in [-0.2, -0.15) is 0 Å². The maximum atomic E-state index is 6.36. The molecule has 2 heteroatoms. The summed E-state index contributed by atoms with van der Waals surface area (Å²) in [7, 11) is 0. The summed E-state index contributed by atoms with van der Waals surface area (Å²) in [6.45, 7) is 5.68. The zero-order valence-corrected chi connectivity index (χ0v) is 12.3. The summed E-state index contributed by atoms with van der Waals surface area (Å²) < 4.78 is 0. The molecule has 1 fully saturated rings. The van der Waals surface area contributed by atoms with Gasteiger partial charge in [-0.25, -0.2) is 0 Å². The van der Waals surface area contributed by atoms with E-state index < -0.39 is 0 Å². The number of hydrogen-bond acceptors (Lipinski definition) is 2. The first kappa shape index (κ1) is 14.5. The van der Waals surface area contributed by atoms with Crippen LogP contribution in [0.4, 0.5) is 0 Å². The van der Waals surface area contributed by atoms with E-state index in [0.717, 1.165) is 6.54 Å². The van der Waals surface area contributed by atoms with Crippen LogP contribution in [-0.4, -0.2) is 24.5 Å². The monoisotopic (exact) mass is 260 g/mol. The zero-order chi connectivity index (χ0) is 13.5. The van der Waals surface area contributed by atoms with Crippen LogP contribution >= 0.6 is 0 Å². The van der Waals surface area contributed by atoms with E-state index in [9.17, 15) is 0 Å². The Morgan fingerprint density at radius 1 is 1.05 bits per heavy atom. The molecule has 2 rings (SSSR count). The third-order valence-electron chi connectivity index (χ3n) is 4.10. The van der Waals surface area contributed by atoms with E-state index >= 15 is 0 Å². The molecule has 19 heavy (non-hydrogen) atoms. The highest BCUT2D eigenvalue weighted by molar-refractivity contribution is 5.25. The molecule has 0 saturated carbocycles. The first-order chi connectivity index (χ1) is 9.29. The van der Waals surface area contributed by atoms with Gasteiger partial charge in [0.1, 0.15) is 0 Å². The Bertz CT molecular complexity index is 350. The van der Waals surface area contributed by atoms with E-state index in [1.807, 2.05) is 0 Å². The number of nitrogens with two attached hydrogens (primary N) is 1. The molecule has 106 valence electrons. The van der Waals surface area contributed by atoms with Crippen molar-refractivity contribution in [2.45, 2.75) is 51.5 Å². The molecule has 0 radical (unpaired) electrons. The molecule has 0 aliphatic carbocycles. The Morgan fingerprint density at radius 2 is 1.68 bits per heavy atom. The molecule has 1 aromatic rings. The average molecular weight is 260 g/mol. The highest BCUT2D eigenvalue weighted by Crippen LogP contribution is 2.16. The van der Waals surface area contributed by atoms with Gasteiger partial charge in [0.15, 0.2) is 0 Å². The van der Waals surface area contributed by atoms with Crippen molar-refractivity contribution in [2.75, 3.05) is 19.6 Å². The van der Waals surface area contributed by atoms with Crippen molar-refractivity contribution in [3.8, 4) is 0 Å². The van der Waals surface area contributed by atoms with E-state index in [4.69, 9.17) is 5.73 Å². The van der Waals surface area contributed by atoms with Crippen LogP contribution in [0, 0.1) is 0 Å². The lowest BCUT2D eigenvalue weighted by Crippen LogP contribution is -2.32.